The maximum atomic E-state index is 3.00. The minimum atomic E-state index is -0.610. The van der Waals surface area contributed by atoms with Crippen molar-refractivity contribution in [2.24, 2.45) is 0 Å². The SMILES string of the molecule is CCCCN(P(C)c1ccccc1)P1[C@H](c2ccc3ccccc3c2)N2CCCCN2[C@H]1c1ccc2ccccc2c1. The van der Waals surface area contributed by atoms with Gasteiger partial charge in [0.15, 0.2) is 0 Å². The van der Waals surface area contributed by atoms with Gasteiger partial charge >= 0.3 is 0 Å². The molecule has 0 spiro atoms. The van der Waals surface area contributed by atoms with Crippen LogP contribution in [0.4, 0.5) is 0 Å². The van der Waals surface area contributed by atoms with Crippen molar-refractivity contribution in [2.75, 3.05) is 26.3 Å². The number of hydrogen-bond donors (Lipinski definition) is 0. The van der Waals surface area contributed by atoms with Gasteiger partial charge in [-0.25, -0.2) is 10.0 Å². The normalized spacial score (nSPS) is 20.8. The summed E-state index contributed by atoms with van der Waals surface area (Å²) in [4.78, 5) is 0. The topological polar surface area (TPSA) is 9.72 Å². The summed E-state index contributed by atoms with van der Waals surface area (Å²) in [6, 6.07) is 43.7. The van der Waals surface area contributed by atoms with E-state index in [1.165, 1.54) is 63.7 Å². The van der Waals surface area contributed by atoms with Gasteiger partial charge in [0.2, 0.25) is 0 Å². The molecule has 0 N–H and O–H groups in total. The maximum Gasteiger partial charge on any atom is 0.0847 e. The molecular formula is C37H41N3P2. The maximum absolute atomic E-state index is 3.00. The Labute approximate surface area is 253 Å². The zero-order valence-corrected chi connectivity index (χ0v) is 26.6. The van der Waals surface area contributed by atoms with E-state index in [2.05, 4.69) is 143 Å². The monoisotopic (exact) mass is 589 g/mol. The van der Waals surface area contributed by atoms with Gasteiger partial charge in [-0.1, -0.05) is 116 Å². The highest BCUT2D eigenvalue weighted by atomic mass is 31.2. The molecular weight excluding hydrogens is 548 g/mol. The fourth-order valence-corrected chi connectivity index (χ4v) is 13.4. The summed E-state index contributed by atoms with van der Waals surface area (Å²) in [5, 5.41) is 12.4. The summed E-state index contributed by atoms with van der Waals surface area (Å²) in [5.74, 6) is 0.735. The smallest absolute Gasteiger partial charge is 0.0847 e. The van der Waals surface area contributed by atoms with E-state index in [0.717, 1.165) is 19.6 Å². The van der Waals surface area contributed by atoms with Crippen LogP contribution < -0.4 is 5.30 Å². The number of hydrogen-bond acceptors (Lipinski definition) is 3. The van der Waals surface area contributed by atoms with Crippen molar-refractivity contribution in [2.45, 2.75) is 44.2 Å². The van der Waals surface area contributed by atoms with Gasteiger partial charge in [0.1, 0.15) is 0 Å². The Morgan fingerprint density at radius 2 is 1.17 bits per heavy atom. The van der Waals surface area contributed by atoms with Gasteiger partial charge in [-0.15, -0.1) is 0 Å². The number of hydrazine groups is 1. The molecule has 2 fully saturated rings. The van der Waals surface area contributed by atoms with Crippen LogP contribution in [0.5, 0.6) is 0 Å². The fourth-order valence-electron chi connectivity index (χ4n) is 6.87. The van der Waals surface area contributed by atoms with Crippen LogP contribution in [-0.4, -0.2) is 40.8 Å². The highest BCUT2D eigenvalue weighted by Crippen LogP contribution is 2.76. The first-order valence-corrected chi connectivity index (χ1v) is 18.8. The molecule has 2 saturated heterocycles. The molecule has 5 aromatic rings. The molecule has 0 aromatic heterocycles. The zero-order valence-electron chi connectivity index (χ0n) is 24.8. The van der Waals surface area contributed by atoms with E-state index in [9.17, 15) is 0 Å². The molecule has 3 nitrogen and oxygen atoms in total. The van der Waals surface area contributed by atoms with Crippen molar-refractivity contribution in [1.29, 1.82) is 0 Å². The van der Waals surface area contributed by atoms with Crippen molar-refractivity contribution in [3.63, 3.8) is 0 Å². The molecule has 2 aliphatic rings. The van der Waals surface area contributed by atoms with Crippen LogP contribution in [0.15, 0.2) is 115 Å². The van der Waals surface area contributed by atoms with Gasteiger partial charge < -0.3 is 0 Å². The van der Waals surface area contributed by atoms with Crippen LogP contribution in [0.3, 0.4) is 0 Å². The first-order valence-electron chi connectivity index (χ1n) is 15.6. The third kappa shape index (κ3) is 5.32. The summed E-state index contributed by atoms with van der Waals surface area (Å²) in [6.45, 7) is 8.28. The molecule has 0 saturated carbocycles. The second-order valence-electron chi connectivity index (χ2n) is 11.7. The second kappa shape index (κ2) is 12.5. The Morgan fingerprint density at radius 1 is 0.667 bits per heavy atom. The molecule has 5 aromatic carbocycles. The summed E-state index contributed by atoms with van der Waals surface area (Å²) in [5.41, 5.74) is 2.96. The van der Waals surface area contributed by atoms with Crippen LogP contribution in [0, 0.1) is 0 Å². The lowest BCUT2D eigenvalue weighted by Gasteiger charge is -2.40. The minimum absolute atomic E-state index is 0.367. The Balaban J connectivity index is 1.42. The molecule has 214 valence electrons. The molecule has 7 rings (SSSR count). The van der Waals surface area contributed by atoms with Gasteiger partial charge in [0.25, 0.3) is 0 Å². The average Bonchev–Trinajstić information content (AvgIpc) is 3.39. The quantitative estimate of drug-likeness (QED) is 0.167. The van der Waals surface area contributed by atoms with Gasteiger partial charge in [-0.05, 0) is 84.1 Å². The molecule has 5 heteroatoms. The van der Waals surface area contributed by atoms with Crippen LogP contribution in [0.25, 0.3) is 21.5 Å². The average molecular weight is 590 g/mol. The van der Waals surface area contributed by atoms with Gasteiger partial charge in [0, 0.05) is 27.7 Å². The Kier molecular flexibility index (Phi) is 8.40. The minimum Gasteiger partial charge on any atom is -0.253 e. The molecule has 42 heavy (non-hydrogen) atoms. The summed E-state index contributed by atoms with van der Waals surface area (Å²) in [6.07, 6.45) is 4.98. The molecule has 2 aliphatic heterocycles. The van der Waals surface area contributed by atoms with E-state index in [0.29, 0.717) is 11.6 Å². The number of benzene rings is 5. The van der Waals surface area contributed by atoms with Crippen molar-refractivity contribution in [1.82, 2.24) is 14.5 Å². The van der Waals surface area contributed by atoms with Crippen molar-refractivity contribution in [3.05, 3.63) is 126 Å². The Morgan fingerprint density at radius 3 is 1.69 bits per heavy atom. The summed E-state index contributed by atoms with van der Waals surface area (Å²) in [7, 11) is -1.09. The molecule has 2 heterocycles. The van der Waals surface area contributed by atoms with Gasteiger partial charge in [0.05, 0.1) is 11.6 Å². The van der Waals surface area contributed by atoms with Crippen molar-refractivity contribution >= 4 is 43.0 Å². The third-order valence-electron chi connectivity index (χ3n) is 9.02. The molecule has 0 amide bonds. The number of nitrogens with zero attached hydrogens (tertiary/aromatic N) is 3. The van der Waals surface area contributed by atoms with Crippen LogP contribution in [0.2, 0.25) is 0 Å². The summed E-state index contributed by atoms with van der Waals surface area (Å²) < 4.78 is 3.00. The van der Waals surface area contributed by atoms with Crippen LogP contribution >= 0.6 is 16.1 Å². The zero-order chi connectivity index (χ0) is 28.5. The van der Waals surface area contributed by atoms with E-state index in [1.807, 2.05) is 0 Å². The molecule has 3 atom stereocenters. The van der Waals surface area contributed by atoms with E-state index < -0.39 is 16.1 Å². The predicted molar refractivity (Wildman–Crippen MR) is 183 cm³/mol. The van der Waals surface area contributed by atoms with Crippen molar-refractivity contribution in [3.8, 4) is 0 Å². The highest BCUT2D eigenvalue weighted by molar-refractivity contribution is 7.74. The molecule has 0 radical (unpaired) electrons. The fraction of sp³-hybridized carbons (Fsp3) is 0.297. The Bertz CT molecular complexity index is 1560. The van der Waals surface area contributed by atoms with E-state index in [1.54, 1.807) is 0 Å². The lowest BCUT2D eigenvalue weighted by molar-refractivity contribution is -0.0530. The highest BCUT2D eigenvalue weighted by Gasteiger charge is 2.52. The summed E-state index contributed by atoms with van der Waals surface area (Å²) >= 11 is 0. The van der Waals surface area contributed by atoms with Crippen LogP contribution in [-0.2, 0) is 0 Å². The van der Waals surface area contributed by atoms with Gasteiger partial charge in [-0.3, -0.25) is 4.44 Å². The number of rotatable bonds is 8. The number of unbranched alkanes of at least 4 members (excludes halogenated alkanes) is 1. The standard InChI is InChI=1S/C37H41N3P2/c1-3-4-26-40(41(2)35-18-6-5-7-19-35)42-36(33-22-20-29-14-8-10-16-31(29)27-33)38-24-12-13-25-39(38)37(42)34-23-21-30-15-9-11-17-32(30)28-34/h5-11,14-23,27-28,36-37H,3-4,12-13,24-26H2,1-2H3/t36-,37-,41?/m1/s1. The molecule has 0 bridgehead atoms. The first-order chi connectivity index (χ1) is 20.7. The molecule has 0 aliphatic carbocycles. The first kappa shape index (κ1) is 28.1. The van der Waals surface area contributed by atoms with E-state index in [4.69, 9.17) is 0 Å². The lowest BCUT2D eigenvalue weighted by atomic mass is 10.1. The van der Waals surface area contributed by atoms with Crippen molar-refractivity contribution < 1.29 is 0 Å². The predicted octanol–water partition coefficient (Wildman–Crippen LogP) is 9.87. The third-order valence-corrected chi connectivity index (χ3v) is 15.2. The van der Waals surface area contributed by atoms with E-state index in [-0.39, 0.29) is 0 Å². The van der Waals surface area contributed by atoms with E-state index >= 15 is 0 Å². The largest absolute Gasteiger partial charge is 0.253 e. The second-order valence-corrected chi connectivity index (χ2v) is 16.3. The lowest BCUT2D eigenvalue weighted by Crippen LogP contribution is -2.43. The number of fused-ring (bicyclic) bond motifs is 3. The molecule has 1 unspecified atom stereocenters. The van der Waals surface area contributed by atoms with Gasteiger partial charge in [-0.2, -0.15) is 0 Å². The Hall–Kier alpha value is -2.64. The van der Waals surface area contributed by atoms with Crippen LogP contribution in [0.1, 0.15) is 55.3 Å².